The van der Waals surface area contributed by atoms with Crippen LogP contribution in [0.3, 0.4) is 0 Å². The van der Waals surface area contributed by atoms with E-state index in [2.05, 4.69) is 6.92 Å². The standard InChI is InChI=1S/C27H32N2O4/c1-6-20-7-11-22(12-8-20)29-26(30)24(21-9-13-23(14-10-21)32-17(2)3)25(27(29)31)28-15-18(4)33-19(5)16-28/h7-14,17-19H,6,15-16H2,1-5H3. The summed E-state index contributed by atoms with van der Waals surface area (Å²) in [6.45, 7) is 11.1. The lowest BCUT2D eigenvalue weighted by molar-refractivity contribution is -0.121. The van der Waals surface area contributed by atoms with Gasteiger partial charge in [-0.3, -0.25) is 9.59 Å². The highest BCUT2D eigenvalue weighted by molar-refractivity contribution is 6.45. The molecule has 4 rings (SSSR count). The first-order valence-electron chi connectivity index (χ1n) is 11.7. The minimum atomic E-state index is -0.302. The number of nitrogens with zero attached hydrogens (tertiary/aromatic N) is 2. The number of rotatable bonds is 6. The Labute approximate surface area is 195 Å². The molecular formula is C27H32N2O4. The highest BCUT2D eigenvalue weighted by atomic mass is 16.5. The second-order valence-electron chi connectivity index (χ2n) is 9.04. The average Bonchev–Trinajstić information content (AvgIpc) is 3.03. The molecule has 0 aromatic heterocycles. The summed E-state index contributed by atoms with van der Waals surface area (Å²) < 4.78 is 11.6. The molecule has 6 nitrogen and oxygen atoms in total. The Bertz CT molecular complexity index is 1050. The topological polar surface area (TPSA) is 59.1 Å². The van der Waals surface area contributed by atoms with Crippen molar-refractivity contribution < 1.29 is 19.1 Å². The van der Waals surface area contributed by atoms with E-state index >= 15 is 0 Å². The smallest absolute Gasteiger partial charge is 0.282 e. The van der Waals surface area contributed by atoms with Crippen LogP contribution >= 0.6 is 0 Å². The number of morpholine rings is 1. The van der Waals surface area contributed by atoms with Crippen LogP contribution in [0.5, 0.6) is 5.75 Å². The van der Waals surface area contributed by atoms with Gasteiger partial charge in [0, 0.05) is 13.1 Å². The van der Waals surface area contributed by atoms with Crippen LogP contribution < -0.4 is 9.64 Å². The second-order valence-corrected chi connectivity index (χ2v) is 9.04. The van der Waals surface area contributed by atoms with Crippen LogP contribution in [0.15, 0.2) is 54.2 Å². The molecule has 33 heavy (non-hydrogen) atoms. The van der Waals surface area contributed by atoms with Gasteiger partial charge in [-0.05, 0) is 69.5 Å². The fraction of sp³-hybridized carbons (Fsp3) is 0.407. The number of aryl methyl sites for hydroxylation is 1. The average molecular weight is 449 g/mol. The van der Waals surface area contributed by atoms with Crippen molar-refractivity contribution in [2.75, 3.05) is 18.0 Å². The molecule has 0 N–H and O–H groups in total. The molecule has 0 bridgehead atoms. The summed E-state index contributed by atoms with van der Waals surface area (Å²) in [4.78, 5) is 30.7. The predicted octanol–water partition coefficient (Wildman–Crippen LogP) is 4.43. The Morgan fingerprint density at radius 2 is 1.55 bits per heavy atom. The van der Waals surface area contributed by atoms with E-state index in [0.29, 0.717) is 35.6 Å². The van der Waals surface area contributed by atoms with E-state index in [1.807, 2.05) is 81.1 Å². The minimum Gasteiger partial charge on any atom is -0.491 e. The zero-order valence-corrected chi connectivity index (χ0v) is 20.0. The molecule has 2 unspecified atom stereocenters. The lowest BCUT2D eigenvalue weighted by Crippen LogP contribution is -2.47. The monoisotopic (exact) mass is 448 g/mol. The second kappa shape index (κ2) is 9.40. The van der Waals surface area contributed by atoms with E-state index in [1.54, 1.807) is 0 Å². The molecule has 2 aromatic rings. The molecule has 1 saturated heterocycles. The molecular weight excluding hydrogens is 416 g/mol. The van der Waals surface area contributed by atoms with E-state index in [0.717, 1.165) is 17.7 Å². The summed E-state index contributed by atoms with van der Waals surface area (Å²) in [5.41, 5.74) is 3.32. The van der Waals surface area contributed by atoms with Crippen LogP contribution in [0.2, 0.25) is 0 Å². The summed E-state index contributed by atoms with van der Waals surface area (Å²) in [7, 11) is 0. The van der Waals surface area contributed by atoms with Crippen molar-refractivity contribution in [3.63, 3.8) is 0 Å². The van der Waals surface area contributed by atoms with Crippen molar-refractivity contribution in [1.82, 2.24) is 4.90 Å². The molecule has 1 fully saturated rings. The van der Waals surface area contributed by atoms with Gasteiger partial charge in [-0.25, -0.2) is 4.90 Å². The van der Waals surface area contributed by atoms with Crippen molar-refractivity contribution in [3.8, 4) is 5.75 Å². The highest BCUT2D eigenvalue weighted by Crippen LogP contribution is 2.36. The molecule has 0 spiro atoms. The summed E-state index contributed by atoms with van der Waals surface area (Å²) >= 11 is 0. The van der Waals surface area contributed by atoms with Crippen LogP contribution in [0.4, 0.5) is 5.69 Å². The Hall–Kier alpha value is -3.12. The molecule has 2 heterocycles. The number of amides is 2. The van der Waals surface area contributed by atoms with Gasteiger partial charge in [0.1, 0.15) is 11.4 Å². The number of benzene rings is 2. The number of anilines is 1. The van der Waals surface area contributed by atoms with Gasteiger partial charge in [-0.1, -0.05) is 31.2 Å². The molecule has 2 aliphatic rings. The maximum Gasteiger partial charge on any atom is 0.282 e. The quantitative estimate of drug-likeness (QED) is 0.612. The minimum absolute atomic E-state index is 0.0369. The number of hydrogen-bond donors (Lipinski definition) is 0. The molecule has 6 heteroatoms. The first-order chi connectivity index (χ1) is 15.8. The van der Waals surface area contributed by atoms with Crippen LogP contribution in [0.1, 0.15) is 45.7 Å². The molecule has 0 aliphatic carbocycles. The summed E-state index contributed by atoms with van der Waals surface area (Å²) in [6.07, 6.45) is 0.874. The molecule has 174 valence electrons. The maximum absolute atomic E-state index is 13.7. The lowest BCUT2D eigenvalue weighted by atomic mass is 10.0. The Morgan fingerprint density at radius 3 is 2.09 bits per heavy atom. The largest absolute Gasteiger partial charge is 0.491 e. The Kier molecular flexibility index (Phi) is 6.56. The van der Waals surface area contributed by atoms with Crippen LogP contribution in [0, 0.1) is 0 Å². The molecule has 2 aromatic carbocycles. The zero-order chi connectivity index (χ0) is 23.7. The lowest BCUT2D eigenvalue weighted by Gasteiger charge is -2.37. The Balaban J connectivity index is 1.77. The number of hydrogen-bond acceptors (Lipinski definition) is 5. The molecule has 0 radical (unpaired) electrons. The van der Waals surface area contributed by atoms with Crippen molar-refractivity contribution in [3.05, 3.63) is 65.4 Å². The SMILES string of the molecule is CCc1ccc(N2C(=O)C(c3ccc(OC(C)C)cc3)=C(N3CC(C)OC(C)C3)C2=O)cc1. The zero-order valence-electron chi connectivity index (χ0n) is 20.0. The fourth-order valence-corrected chi connectivity index (χ4v) is 4.52. The molecule has 2 aliphatic heterocycles. The highest BCUT2D eigenvalue weighted by Gasteiger charge is 2.43. The van der Waals surface area contributed by atoms with Gasteiger partial charge in [0.05, 0.1) is 29.6 Å². The predicted molar refractivity (Wildman–Crippen MR) is 129 cm³/mol. The van der Waals surface area contributed by atoms with Crippen LogP contribution in [0.25, 0.3) is 5.57 Å². The fourth-order valence-electron chi connectivity index (χ4n) is 4.52. The van der Waals surface area contributed by atoms with Gasteiger partial charge in [0.15, 0.2) is 0 Å². The first kappa shape index (κ1) is 23.1. The van der Waals surface area contributed by atoms with Gasteiger partial charge in [-0.2, -0.15) is 0 Å². The number of carbonyl (C=O) groups is 2. The number of carbonyl (C=O) groups excluding carboxylic acids is 2. The number of imide groups is 1. The van der Waals surface area contributed by atoms with E-state index in [4.69, 9.17) is 9.47 Å². The van der Waals surface area contributed by atoms with E-state index in [1.165, 1.54) is 4.90 Å². The van der Waals surface area contributed by atoms with E-state index in [9.17, 15) is 9.59 Å². The molecule has 0 saturated carbocycles. The Morgan fingerprint density at radius 1 is 0.939 bits per heavy atom. The summed E-state index contributed by atoms with van der Waals surface area (Å²) in [6, 6.07) is 15.0. The van der Waals surface area contributed by atoms with Gasteiger partial charge in [0.25, 0.3) is 11.8 Å². The third kappa shape index (κ3) is 4.67. The third-order valence-electron chi connectivity index (χ3n) is 5.91. The van der Waals surface area contributed by atoms with Gasteiger partial charge in [0.2, 0.25) is 0 Å². The van der Waals surface area contributed by atoms with Crippen LogP contribution in [-0.4, -0.2) is 48.1 Å². The molecule has 2 amide bonds. The van der Waals surface area contributed by atoms with Crippen molar-refractivity contribution in [1.29, 1.82) is 0 Å². The normalized spacial score (nSPS) is 21.4. The van der Waals surface area contributed by atoms with Crippen LogP contribution in [-0.2, 0) is 20.7 Å². The van der Waals surface area contributed by atoms with E-state index < -0.39 is 0 Å². The van der Waals surface area contributed by atoms with E-state index in [-0.39, 0.29) is 30.1 Å². The number of ether oxygens (including phenoxy) is 2. The third-order valence-corrected chi connectivity index (χ3v) is 5.91. The van der Waals surface area contributed by atoms with Crippen molar-refractivity contribution in [2.45, 2.75) is 59.4 Å². The summed E-state index contributed by atoms with van der Waals surface area (Å²) in [5.74, 6) is 0.139. The molecule has 2 atom stereocenters. The maximum atomic E-state index is 13.7. The van der Waals surface area contributed by atoms with Gasteiger partial charge >= 0.3 is 0 Å². The van der Waals surface area contributed by atoms with Gasteiger partial charge < -0.3 is 14.4 Å². The van der Waals surface area contributed by atoms with Gasteiger partial charge in [-0.15, -0.1) is 0 Å². The van der Waals surface area contributed by atoms with Crippen molar-refractivity contribution >= 4 is 23.1 Å². The first-order valence-corrected chi connectivity index (χ1v) is 11.7. The summed E-state index contributed by atoms with van der Waals surface area (Å²) in [5, 5.41) is 0. The van der Waals surface area contributed by atoms with Crippen molar-refractivity contribution in [2.24, 2.45) is 0 Å².